The first-order chi connectivity index (χ1) is 15.0. The molecule has 1 aliphatic rings. The SMILES string of the molecule is Cc1nn(-c2ccc(C(=O)OC3CCCN(c4cc(C#N)ccn4)C3)cc2)c(C)c1Cl. The van der Waals surface area contributed by atoms with Crippen molar-refractivity contribution >= 4 is 23.4 Å². The predicted molar refractivity (Wildman–Crippen MR) is 118 cm³/mol. The van der Waals surface area contributed by atoms with Crippen LogP contribution in [0.25, 0.3) is 5.69 Å². The van der Waals surface area contributed by atoms with E-state index in [-0.39, 0.29) is 12.1 Å². The van der Waals surface area contributed by atoms with Crippen molar-refractivity contribution in [3.8, 4) is 11.8 Å². The number of carbonyl (C=O) groups is 1. The zero-order chi connectivity index (χ0) is 22.0. The van der Waals surface area contributed by atoms with Crippen LogP contribution in [0, 0.1) is 25.2 Å². The first kappa shape index (κ1) is 20.9. The van der Waals surface area contributed by atoms with Gasteiger partial charge in [0.2, 0.25) is 0 Å². The van der Waals surface area contributed by atoms with Gasteiger partial charge in [-0.2, -0.15) is 10.4 Å². The average molecular weight is 436 g/mol. The highest BCUT2D eigenvalue weighted by Crippen LogP contribution is 2.24. The first-order valence-electron chi connectivity index (χ1n) is 10.1. The number of benzene rings is 1. The molecule has 0 spiro atoms. The molecule has 0 radical (unpaired) electrons. The number of halogens is 1. The summed E-state index contributed by atoms with van der Waals surface area (Å²) in [6, 6.07) is 12.7. The molecule has 0 aliphatic carbocycles. The highest BCUT2D eigenvalue weighted by atomic mass is 35.5. The van der Waals surface area contributed by atoms with Crippen LogP contribution in [0.5, 0.6) is 0 Å². The Labute approximate surface area is 185 Å². The number of carbonyl (C=O) groups excluding carboxylic acids is 1. The topological polar surface area (TPSA) is 84.0 Å². The van der Waals surface area contributed by atoms with Gasteiger partial charge in [0, 0.05) is 12.7 Å². The first-order valence-corrected chi connectivity index (χ1v) is 10.5. The Hall–Kier alpha value is -3.37. The fraction of sp³-hybridized carbons (Fsp3) is 0.304. The maximum Gasteiger partial charge on any atom is 0.338 e. The molecule has 1 fully saturated rings. The lowest BCUT2D eigenvalue weighted by Crippen LogP contribution is -2.41. The third kappa shape index (κ3) is 4.39. The summed E-state index contributed by atoms with van der Waals surface area (Å²) in [5.74, 6) is 0.372. The summed E-state index contributed by atoms with van der Waals surface area (Å²) >= 11 is 6.23. The summed E-state index contributed by atoms with van der Waals surface area (Å²) in [7, 11) is 0. The van der Waals surface area contributed by atoms with Crippen LogP contribution >= 0.6 is 11.6 Å². The van der Waals surface area contributed by atoms with Crippen molar-refractivity contribution in [3.63, 3.8) is 0 Å². The quantitative estimate of drug-likeness (QED) is 0.570. The van der Waals surface area contributed by atoms with Crippen LogP contribution in [0.4, 0.5) is 5.82 Å². The van der Waals surface area contributed by atoms with Gasteiger partial charge in [0.25, 0.3) is 0 Å². The van der Waals surface area contributed by atoms with Crippen molar-refractivity contribution in [2.45, 2.75) is 32.8 Å². The second kappa shape index (κ2) is 8.78. The summed E-state index contributed by atoms with van der Waals surface area (Å²) in [4.78, 5) is 19.1. The van der Waals surface area contributed by atoms with E-state index in [0.29, 0.717) is 22.7 Å². The molecule has 0 saturated carbocycles. The Morgan fingerprint density at radius 3 is 2.71 bits per heavy atom. The lowest BCUT2D eigenvalue weighted by Gasteiger charge is -2.33. The number of esters is 1. The summed E-state index contributed by atoms with van der Waals surface area (Å²) in [6.07, 6.45) is 3.07. The number of hydrogen-bond acceptors (Lipinski definition) is 6. The number of nitrogens with zero attached hydrogens (tertiary/aromatic N) is 5. The second-order valence-corrected chi connectivity index (χ2v) is 7.95. The molecule has 3 aromatic rings. The third-order valence-corrected chi connectivity index (χ3v) is 5.95. The molecule has 2 aromatic heterocycles. The molecule has 8 heteroatoms. The smallest absolute Gasteiger partial charge is 0.338 e. The minimum Gasteiger partial charge on any atom is -0.457 e. The molecule has 4 rings (SSSR count). The zero-order valence-electron chi connectivity index (χ0n) is 17.4. The van der Waals surface area contributed by atoms with Crippen molar-refractivity contribution < 1.29 is 9.53 Å². The average Bonchev–Trinajstić information content (AvgIpc) is 3.06. The lowest BCUT2D eigenvalue weighted by atomic mass is 10.1. The van der Waals surface area contributed by atoms with Crippen molar-refractivity contribution in [2.75, 3.05) is 18.0 Å². The van der Waals surface area contributed by atoms with Gasteiger partial charge >= 0.3 is 5.97 Å². The molecule has 1 aromatic carbocycles. The Kier molecular flexibility index (Phi) is 5.92. The number of nitriles is 1. The molecule has 1 atom stereocenters. The van der Waals surface area contributed by atoms with Crippen LogP contribution in [0.15, 0.2) is 42.6 Å². The molecule has 0 N–H and O–H groups in total. The van der Waals surface area contributed by atoms with E-state index in [2.05, 4.69) is 21.1 Å². The fourth-order valence-corrected chi connectivity index (χ4v) is 3.85. The minimum atomic E-state index is -0.358. The Balaban J connectivity index is 1.43. The molecule has 31 heavy (non-hydrogen) atoms. The fourth-order valence-electron chi connectivity index (χ4n) is 3.74. The van der Waals surface area contributed by atoms with Crippen LogP contribution in [0.2, 0.25) is 5.02 Å². The van der Waals surface area contributed by atoms with Crippen molar-refractivity contribution in [1.29, 1.82) is 5.26 Å². The molecule has 0 bridgehead atoms. The number of pyridine rings is 1. The Morgan fingerprint density at radius 2 is 2.03 bits per heavy atom. The monoisotopic (exact) mass is 435 g/mol. The van der Waals surface area contributed by atoms with Crippen molar-refractivity contribution in [3.05, 3.63) is 70.1 Å². The van der Waals surface area contributed by atoms with Gasteiger partial charge in [-0.3, -0.25) is 0 Å². The Bertz CT molecular complexity index is 1150. The standard InChI is InChI=1S/C23H22ClN5O2/c1-15-22(24)16(2)29(27-15)19-7-5-18(6-8-19)23(30)31-20-4-3-11-28(14-20)21-12-17(13-25)9-10-26-21/h5-10,12,20H,3-4,11,14H2,1-2H3. The van der Waals surface area contributed by atoms with Gasteiger partial charge in [0.15, 0.2) is 0 Å². The molecular weight excluding hydrogens is 414 g/mol. The summed E-state index contributed by atoms with van der Waals surface area (Å²) in [5, 5.41) is 14.2. The van der Waals surface area contributed by atoms with Gasteiger partial charge < -0.3 is 9.64 Å². The van der Waals surface area contributed by atoms with E-state index >= 15 is 0 Å². The van der Waals surface area contributed by atoms with Crippen LogP contribution in [-0.2, 0) is 4.74 Å². The molecule has 1 aliphatic heterocycles. The maximum atomic E-state index is 12.7. The van der Waals surface area contributed by atoms with E-state index in [4.69, 9.17) is 21.6 Å². The second-order valence-electron chi connectivity index (χ2n) is 7.57. The molecular formula is C23H22ClN5O2. The largest absolute Gasteiger partial charge is 0.457 e. The number of ether oxygens (including phenoxy) is 1. The van der Waals surface area contributed by atoms with Gasteiger partial charge in [-0.1, -0.05) is 11.6 Å². The van der Waals surface area contributed by atoms with Crippen LogP contribution in [0.3, 0.4) is 0 Å². The zero-order valence-corrected chi connectivity index (χ0v) is 18.1. The summed E-state index contributed by atoms with van der Waals surface area (Å²) in [5.41, 5.74) is 3.49. The molecule has 1 saturated heterocycles. The van der Waals surface area contributed by atoms with E-state index in [0.717, 1.165) is 42.3 Å². The van der Waals surface area contributed by atoms with Crippen molar-refractivity contribution in [2.24, 2.45) is 0 Å². The van der Waals surface area contributed by atoms with Gasteiger partial charge in [-0.05, 0) is 63.1 Å². The molecule has 0 amide bonds. The lowest BCUT2D eigenvalue weighted by molar-refractivity contribution is 0.0269. The normalized spacial score (nSPS) is 16.1. The van der Waals surface area contributed by atoms with Crippen LogP contribution in [-0.4, -0.2) is 39.9 Å². The summed E-state index contributed by atoms with van der Waals surface area (Å²) in [6.45, 7) is 5.13. The summed E-state index contributed by atoms with van der Waals surface area (Å²) < 4.78 is 7.52. The molecule has 1 unspecified atom stereocenters. The van der Waals surface area contributed by atoms with Crippen molar-refractivity contribution in [1.82, 2.24) is 14.8 Å². The Morgan fingerprint density at radius 1 is 1.26 bits per heavy atom. The van der Waals surface area contributed by atoms with Gasteiger partial charge in [-0.15, -0.1) is 0 Å². The molecule has 3 heterocycles. The third-order valence-electron chi connectivity index (χ3n) is 5.40. The number of piperidine rings is 1. The molecule has 158 valence electrons. The van der Waals surface area contributed by atoms with E-state index in [1.807, 2.05) is 26.0 Å². The predicted octanol–water partition coefficient (Wildman–Crippen LogP) is 4.24. The highest BCUT2D eigenvalue weighted by molar-refractivity contribution is 6.31. The maximum absolute atomic E-state index is 12.7. The van der Waals surface area contributed by atoms with E-state index < -0.39 is 0 Å². The van der Waals surface area contributed by atoms with E-state index in [1.165, 1.54) is 0 Å². The van der Waals surface area contributed by atoms with E-state index in [1.54, 1.807) is 35.1 Å². The van der Waals surface area contributed by atoms with Gasteiger partial charge in [-0.25, -0.2) is 14.5 Å². The van der Waals surface area contributed by atoms with E-state index in [9.17, 15) is 4.79 Å². The number of hydrogen-bond donors (Lipinski definition) is 0. The van der Waals surface area contributed by atoms with Gasteiger partial charge in [0.1, 0.15) is 11.9 Å². The number of aromatic nitrogens is 3. The minimum absolute atomic E-state index is 0.233. The molecule has 7 nitrogen and oxygen atoms in total. The number of rotatable bonds is 4. The number of aryl methyl sites for hydroxylation is 1. The highest BCUT2D eigenvalue weighted by Gasteiger charge is 2.25. The van der Waals surface area contributed by atoms with Crippen LogP contribution < -0.4 is 4.90 Å². The number of anilines is 1. The van der Waals surface area contributed by atoms with Gasteiger partial charge in [0.05, 0.1) is 45.8 Å². The van der Waals surface area contributed by atoms with Crippen LogP contribution in [0.1, 0.15) is 40.2 Å².